The van der Waals surface area contributed by atoms with Crippen LogP contribution in [0.4, 0.5) is 0 Å². The molecule has 0 aromatic heterocycles. The zero-order valence-corrected chi connectivity index (χ0v) is 14.1. The van der Waals surface area contributed by atoms with E-state index in [1.807, 2.05) is 13.8 Å². The molecule has 8 heteroatoms. The SMILES string of the molecule is CCS(=O)(=O)NCCNS(=O)(=O)c1ccc(C(C)C)cc1. The van der Waals surface area contributed by atoms with E-state index in [1.54, 1.807) is 24.3 Å². The Kier molecular flexibility index (Phi) is 6.33. The van der Waals surface area contributed by atoms with Crippen molar-refractivity contribution < 1.29 is 16.8 Å². The summed E-state index contributed by atoms with van der Waals surface area (Å²) in [6.07, 6.45) is 0. The summed E-state index contributed by atoms with van der Waals surface area (Å²) in [5.74, 6) is 0.300. The second kappa shape index (κ2) is 7.35. The Morgan fingerprint density at radius 3 is 1.95 bits per heavy atom. The molecule has 0 saturated carbocycles. The Balaban J connectivity index is 2.61. The number of nitrogens with one attached hydrogen (secondary N) is 2. The monoisotopic (exact) mass is 334 g/mol. The molecule has 0 spiro atoms. The van der Waals surface area contributed by atoms with E-state index in [4.69, 9.17) is 0 Å². The van der Waals surface area contributed by atoms with Crippen LogP contribution >= 0.6 is 0 Å². The molecule has 2 N–H and O–H groups in total. The van der Waals surface area contributed by atoms with Crippen molar-refractivity contribution in [2.75, 3.05) is 18.8 Å². The van der Waals surface area contributed by atoms with Crippen LogP contribution in [0.5, 0.6) is 0 Å². The molecule has 0 amide bonds. The summed E-state index contributed by atoms with van der Waals surface area (Å²) >= 11 is 0. The third-order valence-corrected chi connectivity index (χ3v) is 5.86. The molecule has 0 heterocycles. The van der Waals surface area contributed by atoms with Gasteiger partial charge in [0, 0.05) is 13.1 Å². The predicted octanol–water partition coefficient (Wildman–Crippen LogP) is 1.03. The van der Waals surface area contributed by atoms with Crippen molar-refractivity contribution in [1.29, 1.82) is 0 Å². The molecule has 0 unspecified atom stereocenters. The Morgan fingerprint density at radius 1 is 0.952 bits per heavy atom. The average Bonchev–Trinajstić information content (AvgIpc) is 2.44. The molecular weight excluding hydrogens is 312 g/mol. The van der Waals surface area contributed by atoms with Crippen LogP contribution in [0, 0.1) is 0 Å². The lowest BCUT2D eigenvalue weighted by Gasteiger charge is -2.09. The standard InChI is InChI=1S/C13H22N2O4S2/c1-4-20(16,17)14-9-10-15-21(18,19)13-7-5-12(6-8-13)11(2)3/h5-8,11,14-15H,4,9-10H2,1-3H3. The van der Waals surface area contributed by atoms with Crippen LogP contribution in [0.25, 0.3) is 0 Å². The number of hydrogen-bond donors (Lipinski definition) is 2. The fraction of sp³-hybridized carbons (Fsp3) is 0.538. The highest BCUT2D eigenvalue weighted by Crippen LogP contribution is 2.16. The Hall–Kier alpha value is -0.960. The van der Waals surface area contributed by atoms with E-state index in [2.05, 4.69) is 9.44 Å². The molecule has 0 fully saturated rings. The highest BCUT2D eigenvalue weighted by Gasteiger charge is 2.14. The summed E-state index contributed by atoms with van der Waals surface area (Å²) in [7, 11) is -6.91. The Labute approximate surface area is 127 Å². The highest BCUT2D eigenvalue weighted by molar-refractivity contribution is 7.89. The first kappa shape index (κ1) is 18.1. The van der Waals surface area contributed by atoms with Crippen molar-refractivity contribution in [3.05, 3.63) is 29.8 Å². The van der Waals surface area contributed by atoms with Crippen molar-refractivity contribution in [3.8, 4) is 0 Å². The van der Waals surface area contributed by atoms with Crippen molar-refractivity contribution >= 4 is 20.0 Å². The molecule has 0 aliphatic heterocycles. The first-order valence-electron chi connectivity index (χ1n) is 6.75. The lowest BCUT2D eigenvalue weighted by molar-refractivity contribution is 0.571. The maximum atomic E-state index is 12.0. The molecule has 21 heavy (non-hydrogen) atoms. The van der Waals surface area contributed by atoms with Crippen molar-refractivity contribution in [1.82, 2.24) is 9.44 Å². The summed E-state index contributed by atoms with van der Waals surface area (Å²) in [6, 6.07) is 6.65. The Morgan fingerprint density at radius 2 is 1.48 bits per heavy atom. The fourth-order valence-electron chi connectivity index (χ4n) is 1.61. The third kappa shape index (κ3) is 5.74. The molecule has 120 valence electrons. The van der Waals surface area contributed by atoms with Gasteiger partial charge in [-0.15, -0.1) is 0 Å². The van der Waals surface area contributed by atoms with Gasteiger partial charge in [-0.05, 0) is 30.5 Å². The van der Waals surface area contributed by atoms with Crippen LogP contribution in [0.2, 0.25) is 0 Å². The maximum absolute atomic E-state index is 12.0. The van der Waals surface area contributed by atoms with Crippen LogP contribution in [-0.2, 0) is 20.0 Å². The maximum Gasteiger partial charge on any atom is 0.240 e. The summed E-state index contributed by atoms with van der Waals surface area (Å²) in [5, 5.41) is 0. The zero-order chi connectivity index (χ0) is 16.1. The molecule has 6 nitrogen and oxygen atoms in total. The summed E-state index contributed by atoms with van der Waals surface area (Å²) < 4.78 is 51.1. The van der Waals surface area contributed by atoms with E-state index < -0.39 is 20.0 Å². The minimum atomic E-state index is -3.61. The van der Waals surface area contributed by atoms with Gasteiger partial charge in [0.2, 0.25) is 20.0 Å². The lowest BCUT2D eigenvalue weighted by Crippen LogP contribution is -2.35. The Bertz CT molecular complexity index is 650. The molecular formula is C13H22N2O4S2. The first-order chi connectivity index (χ1) is 9.68. The second-order valence-electron chi connectivity index (χ2n) is 4.92. The average molecular weight is 334 g/mol. The minimum Gasteiger partial charge on any atom is -0.214 e. The lowest BCUT2D eigenvalue weighted by atomic mass is 10.0. The quantitative estimate of drug-likeness (QED) is 0.695. The van der Waals surface area contributed by atoms with E-state index in [0.717, 1.165) is 5.56 Å². The second-order valence-corrected chi connectivity index (χ2v) is 8.78. The van der Waals surface area contributed by atoms with Crippen LogP contribution in [0.15, 0.2) is 29.2 Å². The summed E-state index contributed by atoms with van der Waals surface area (Å²) in [5.41, 5.74) is 1.06. The van der Waals surface area contributed by atoms with Gasteiger partial charge in [0.25, 0.3) is 0 Å². The van der Waals surface area contributed by atoms with E-state index in [-0.39, 0.29) is 23.7 Å². The molecule has 0 aliphatic rings. The smallest absolute Gasteiger partial charge is 0.214 e. The van der Waals surface area contributed by atoms with Gasteiger partial charge in [-0.25, -0.2) is 26.3 Å². The fourth-order valence-corrected chi connectivity index (χ4v) is 3.26. The van der Waals surface area contributed by atoms with Gasteiger partial charge in [0.15, 0.2) is 0 Å². The van der Waals surface area contributed by atoms with Crippen LogP contribution < -0.4 is 9.44 Å². The van der Waals surface area contributed by atoms with Crippen molar-refractivity contribution in [2.24, 2.45) is 0 Å². The number of sulfonamides is 2. The van der Waals surface area contributed by atoms with Crippen LogP contribution in [0.3, 0.4) is 0 Å². The molecule has 1 rings (SSSR count). The van der Waals surface area contributed by atoms with Crippen molar-refractivity contribution in [3.63, 3.8) is 0 Å². The largest absolute Gasteiger partial charge is 0.240 e. The minimum absolute atomic E-state index is 0.00744. The first-order valence-corrected chi connectivity index (χ1v) is 9.88. The van der Waals surface area contributed by atoms with Crippen molar-refractivity contribution in [2.45, 2.75) is 31.6 Å². The van der Waals surface area contributed by atoms with Gasteiger partial charge in [0.05, 0.1) is 10.6 Å². The van der Waals surface area contributed by atoms with Gasteiger partial charge in [-0.1, -0.05) is 26.0 Å². The van der Waals surface area contributed by atoms with Gasteiger partial charge < -0.3 is 0 Å². The third-order valence-electron chi connectivity index (χ3n) is 2.98. The molecule has 0 saturated heterocycles. The van der Waals surface area contributed by atoms with Gasteiger partial charge >= 0.3 is 0 Å². The molecule has 1 aromatic rings. The molecule has 0 radical (unpaired) electrons. The number of rotatable bonds is 8. The topological polar surface area (TPSA) is 92.3 Å². The van der Waals surface area contributed by atoms with Crippen LogP contribution in [-0.4, -0.2) is 35.7 Å². The van der Waals surface area contributed by atoms with Gasteiger partial charge in [0.1, 0.15) is 0 Å². The van der Waals surface area contributed by atoms with E-state index in [9.17, 15) is 16.8 Å². The van der Waals surface area contributed by atoms with E-state index >= 15 is 0 Å². The zero-order valence-electron chi connectivity index (χ0n) is 12.5. The molecule has 1 aromatic carbocycles. The predicted molar refractivity (Wildman–Crippen MR) is 83.2 cm³/mol. The highest BCUT2D eigenvalue weighted by atomic mass is 32.2. The summed E-state index contributed by atoms with van der Waals surface area (Å²) in [6.45, 7) is 5.61. The van der Waals surface area contributed by atoms with E-state index in [1.165, 1.54) is 6.92 Å². The van der Waals surface area contributed by atoms with Gasteiger partial charge in [-0.2, -0.15) is 0 Å². The summed E-state index contributed by atoms with van der Waals surface area (Å²) in [4.78, 5) is 0.172. The van der Waals surface area contributed by atoms with Crippen LogP contribution in [0.1, 0.15) is 32.3 Å². The van der Waals surface area contributed by atoms with E-state index in [0.29, 0.717) is 5.92 Å². The number of benzene rings is 1. The number of hydrogen-bond acceptors (Lipinski definition) is 4. The molecule has 0 bridgehead atoms. The normalized spacial score (nSPS) is 12.8. The molecule has 0 atom stereocenters. The molecule has 0 aliphatic carbocycles. The van der Waals surface area contributed by atoms with Gasteiger partial charge in [-0.3, -0.25) is 0 Å².